The number of hydrogen-bond acceptors (Lipinski definition) is 4. The highest BCUT2D eigenvalue weighted by atomic mass is 35.5. The highest BCUT2D eigenvalue weighted by molar-refractivity contribution is 6.30. The molecule has 0 bridgehead atoms. The Kier molecular flexibility index (Phi) is 6.31. The van der Waals surface area contributed by atoms with E-state index in [1.807, 2.05) is 65.7 Å². The van der Waals surface area contributed by atoms with Crippen LogP contribution in [0.1, 0.15) is 12.5 Å². The second kappa shape index (κ2) is 8.89. The molecule has 1 aromatic heterocycles. The van der Waals surface area contributed by atoms with E-state index in [4.69, 9.17) is 22.4 Å². The van der Waals surface area contributed by atoms with Crippen LogP contribution < -0.4 is 11.1 Å². The number of amides is 3. The number of hydrogen-bond donors (Lipinski definition) is 2. The fraction of sp³-hybridized carbons (Fsp3) is 0.190. The number of rotatable bonds is 6. The summed E-state index contributed by atoms with van der Waals surface area (Å²) in [6.45, 7) is 2.15. The van der Waals surface area contributed by atoms with Gasteiger partial charge in [-0.3, -0.25) is 15.0 Å². The average Bonchev–Trinajstić information content (AvgIpc) is 3.11. The lowest BCUT2D eigenvalue weighted by Crippen LogP contribution is -2.46. The van der Waals surface area contributed by atoms with Gasteiger partial charge < -0.3 is 5.73 Å². The van der Waals surface area contributed by atoms with Gasteiger partial charge in [0.25, 0.3) is 0 Å². The molecule has 0 aliphatic carbocycles. The van der Waals surface area contributed by atoms with Crippen molar-refractivity contribution in [3.8, 4) is 16.9 Å². The Balaban J connectivity index is 1.93. The third-order valence-corrected chi connectivity index (χ3v) is 4.89. The van der Waals surface area contributed by atoms with Gasteiger partial charge >= 0.3 is 6.03 Å². The molecule has 0 spiro atoms. The Morgan fingerprint density at radius 1 is 1.17 bits per heavy atom. The van der Waals surface area contributed by atoms with E-state index in [1.165, 1.54) is 0 Å². The molecule has 0 fully saturated rings. The van der Waals surface area contributed by atoms with Crippen molar-refractivity contribution in [3.63, 3.8) is 0 Å². The van der Waals surface area contributed by atoms with Crippen molar-refractivity contribution >= 4 is 23.5 Å². The summed E-state index contributed by atoms with van der Waals surface area (Å²) in [6, 6.07) is 15.8. The predicted molar refractivity (Wildman–Crippen MR) is 113 cm³/mol. The number of aromatic nitrogens is 2. The van der Waals surface area contributed by atoms with Crippen molar-refractivity contribution in [1.29, 1.82) is 0 Å². The van der Waals surface area contributed by atoms with Gasteiger partial charge in [-0.1, -0.05) is 41.9 Å². The quantitative estimate of drug-likeness (QED) is 0.651. The molecule has 0 saturated heterocycles. The number of nitrogens with one attached hydrogen (secondary N) is 1. The molecule has 150 valence electrons. The van der Waals surface area contributed by atoms with E-state index < -0.39 is 18.0 Å². The molecule has 0 aliphatic rings. The molecule has 7 nitrogen and oxygen atoms in total. The van der Waals surface area contributed by atoms with Crippen LogP contribution >= 0.6 is 11.6 Å². The highest BCUT2D eigenvalue weighted by Gasteiger charge is 2.22. The average molecular weight is 412 g/mol. The van der Waals surface area contributed by atoms with Crippen molar-refractivity contribution in [2.75, 3.05) is 7.05 Å². The molecule has 3 aromatic rings. The zero-order chi connectivity index (χ0) is 21.0. The normalized spacial score (nSPS) is 12.0. The number of nitrogens with zero attached hydrogens (tertiary/aromatic N) is 3. The second-order valence-electron chi connectivity index (χ2n) is 6.73. The zero-order valence-corrected chi connectivity index (χ0v) is 16.9. The van der Waals surface area contributed by atoms with Gasteiger partial charge in [0.1, 0.15) is 0 Å². The number of nitrogens with two attached hydrogens (primary N) is 1. The molecule has 0 aliphatic heterocycles. The molecular formula is C21H22ClN5O2. The third kappa shape index (κ3) is 5.01. The SMILES string of the molecule is CC(C(=O)NC(N)=O)N(C)Cc1cn(-c2ccccc2)nc1-c1ccc(Cl)cc1. The molecule has 3 rings (SSSR count). The van der Waals surface area contributed by atoms with Crippen LogP contribution in [0.3, 0.4) is 0 Å². The highest BCUT2D eigenvalue weighted by Crippen LogP contribution is 2.26. The first kappa shape index (κ1) is 20.6. The number of carbonyl (C=O) groups excluding carboxylic acids is 2. The van der Waals surface area contributed by atoms with Crippen LogP contribution in [0.2, 0.25) is 5.02 Å². The molecule has 0 radical (unpaired) electrons. The van der Waals surface area contributed by atoms with Gasteiger partial charge in [0.2, 0.25) is 5.91 Å². The number of para-hydroxylation sites is 1. The summed E-state index contributed by atoms with van der Waals surface area (Å²) in [5, 5.41) is 7.52. The smallest absolute Gasteiger partial charge is 0.318 e. The summed E-state index contributed by atoms with van der Waals surface area (Å²) < 4.78 is 1.81. The Morgan fingerprint density at radius 2 is 1.83 bits per heavy atom. The number of primary amides is 1. The van der Waals surface area contributed by atoms with Crippen LogP contribution in [0.25, 0.3) is 16.9 Å². The van der Waals surface area contributed by atoms with Gasteiger partial charge in [0.15, 0.2) is 0 Å². The number of halogens is 1. The van der Waals surface area contributed by atoms with Crippen LogP contribution in [0.4, 0.5) is 4.79 Å². The fourth-order valence-corrected chi connectivity index (χ4v) is 3.05. The predicted octanol–water partition coefficient (Wildman–Crippen LogP) is 3.21. The summed E-state index contributed by atoms with van der Waals surface area (Å²) in [5.74, 6) is -0.455. The molecular weight excluding hydrogens is 390 g/mol. The Morgan fingerprint density at radius 3 is 2.45 bits per heavy atom. The maximum atomic E-state index is 12.1. The van der Waals surface area contributed by atoms with Gasteiger partial charge in [0.05, 0.1) is 17.4 Å². The van der Waals surface area contributed by atoms with Crippen molar-refractivity contribution in [2.24, 2.45) is 5.73 Å². The first-order valence-electron chi connectivity index (χ1n) is 9.05. The summed E-state index contributed by atoms with van der Waals surface area (Å²) in [4.78, 5) is 24.9. The standard InChI is InChI=1S/C21H22ClN5O2/c1-14(20(28)24-21(23)29)26(2)12-16-13-27(18-6-4-3-5-7-18)25-19(16)15-8-10-17(22)11-9-15/h3-11,13-14H,12H2,1-2H3,(H3,23,24,28,29). The number of imide groups is 1. The lowest BCUT2D eigenvalue weighted by atomic mass is 10.1. The van der Waals surface area contributed by atoms with E-state index in [2.05, 4.69) is 5.32 Å². The van der Waals surface area contributed by atoms with Gasteiger partial charge in [-0.2, -0.15) is 5.10 Å². The lowest BCUT2D eigenvalue weighted by molar-refractivity contribution is -0.124. The molecule has 1 heterocycles. The van der Waals surface area contributed by atoms with E-state index >= 15 is 0 Å². The lowest BCUT2D eigenvalue weighted by Gasteiger charge is -2.23. The number of benzene rings is 2. The van der Waals surface area contributed by atoms with E-state index in [1.54, 1.807) is 18.7 Å². The van der Waals surface area contributed by atoms with E-state index in [-0.39, 0.29) is 0 Å². The van der Waals surface area contributed by atoms with Crippen molar-refractivity contribution in [2.45, 2.75) is 19.5 Å². The van der Waals surface area contributed by atoms with Gasteiger partial charge in [-0.25, -0.2) is 9.48 Å². The molecule has 8 heteroatoms. The largest absolute Gasteiger partial charge is 0.351 e. The van der Waals surface area contributed by atoms with Crippen LogP contribution in [-0.4, -0.2) is 39.7 Å². The summed E-state index contributed by atoms with van der Waals surface area (Å²) >= 11 is 6.03. The first-order valence-corrected chi connectivity index (χ1v) is 9.43. The minimum Gasteiger partial charge on any atom is -0.351 e. The van der Waals surface area contributed by atoms with Crippen LogP contribution in [0.15, 0.2) is 60.8 Å². The number of likely N-dealkylation sites (N-methyl/N-ethyl adjacent to an activating group) is 1. The van der Waals surface area contributed by atoms with Gasteiger partial charge in [0, 0.05) is 28.9 Å². The van der Waals surface area contributed by atoms with E-state index in [9.17, 15) is 9.59 Å². The molecule has 1 atom stereocenters. The minimum atomic E-state index is -0.867. The van der Waals surface area contributed by atoms with Crippen LogP contribution in [0, 0.1) is 0 Å². The Bertz CT molecular complexity index is 1000. The molecule has 3 amide bonds. The Hall–Kier alpha value is -3.16. The van der Waals surface area contributed by atoms with Gasteiger partial charge in [-0.05, 0) is 38.2 Å². The molecule has 0 saturated carbocycles. The first-order chi connectivity index (χ1) is 13.8. The van der Waals surface area contributed by atoms with Crippen LogP contribution in [-0.2, 0) is 11.3 Å². The number of urea groups is 1. The monoisotopic (exact) mass is 411 g/mol. The van der Waals surface area contributed by atoms with Crippen molar-refractivity contribution in [3.05, 3.63) is 71.4 Å². The minimum absolute atomic E-state index is 0.443. The Labute approximate surface area is 174 Å². The maximum absolute atomic E-state index is 12.1. The molecule has 29 heavy (non-hydrogen) atoms. The molecule has 2 aromatic carbocycles. The molecule has 3 N–H and O–H groups in total. The van der Waals surface area contributed by atoms with E-state index in [0.29, 0.717) is 11.6 Å². The van der Waals surface area contributed by atoms with Gasteiger partial charge in [-0.15, -0.1) is 0 Å². The summed E-state index contributed by atoms with van der Waals surface area (Å²) in [5.41, 5.74) is 8.62. The zero-order valence-electron chi connectivity index (χ0n) is 16.2. The maximum Gasteiger partial charge on any atom is 0.318 e. The summed E-state index contributed by atoms with van der Waals surface area (Å²) in [7, 11) is 1.80. The van der Waals surface area contributed by atoms with Crippen molar-refractivity contribution < 1.29 is 9.59 Å². The second-order valence-corrected chi connectivity index (χ2v) is 7.17. The molecule has 1 unspecified atom stereocenters. The summed E-state index contributed by atoms with van der Waals surface area (Å²) in [6.07, 6.45) is 1.94. The van der Waals surface area contributed by atoms with E-state index in [0.717, 1.165) is 22.5 Å². The third-order valence-electron chi connectivity index (χ3n) is 4.64. The van der Waals surface area contributed by atoms with Crippen LogP contribution in [0.5, 0.6) is 0 Å². The fourth-order valence-electron chi connectivity index (χ4n) is 2.92. The number of carbonyl (C=O) groups is 2. The van der Waals surface area contributed by atoms with Crippen molar-refractivity contribution in [1.82, 2.24) is 20.0 Å². The topological polar surface area (TPSA) is 93.2 Å².